The minimum atomic E-state index is -0.851. The summed E-state index contributed by atoms with van der Waals surface area (Å²) in [4.78, 5) is 11.9. The van der Waals surface area contributed by atoms with Gasteiger partial charge in [-0.1, -0.05) is 36.2 Å². The highest BCUT2D eigenvalue weighted by Gasteiger charge is 2.38. The molecule has 88 valence electrons. The first-order valence-corrected chi connectivity index (χ1v) is 5.59. The van der Waals surface area contributed by atoms with Crippen LogP contribution in [0.5, 0.6) is 0 Å². The van der Waals surface area contributed by atoms with E-state index in [2.05, 4.69) is 0 Å². The Hall–Kier alpha value is -0.570. The molecule has 1 aromatic rings. The number of carbonyl (C=O) groups is 1. The van der Waals surface area contributed by atoms with Crippen LogP contribution in [-0.4, -0.2) is 5.78 Å². The van der Waals surface area contributed by atoms with E-state index in [9.17, 15) is 4.79 Å². The summed E-state index contributed by atoms with van der Waals surface area (Å²) in [6.07, 6.45) is 3.22. The lowest BCUT2D eigenvalue weighted by molar-refractivity contribution is -0.126. The monoisotopic (exact) mass is 259 g/mol. The van der Waals surface area contributed by atoms with Crippen LogP contribution >= 0.6 is 24.0 Å². The van der Waals surface area contributed by atoms with E-state index in [1.54, 1.807) is 6.07 Å². The molecule has 1 aromatic carbocycles. The number of Topliss-reactive ketones (excluding diaryl/α,β-unsaturated/α-hetero) is 1. The third-order valence-electron chi connectivity index (χ3n) is 3.08. The van der Waals surface area contributed by atoms with Crippen molar-refractivity contribution in [3.05, 3.63) is 34.9 Å². The fourth-order valence-corrected chi connectivity index (χ4v) is 2.46. The second-order valence-corrected chi connectivity index (χ2v) is 4.49. The van der Waals surface area contributed by atoms with Crippen LogP contribution in [0.4, 0.5) is 0 Å². The van der Waals surface area contributed by atoms with E-state index in [0.717, 1.165) is 18.4 Å². The van der Waals surface area contributed by atoms with Crippen molar-refractivity contribution in [3.63, 3.8) is 0 Å². The number of hydrogen-bond donors (Lipinski definition) is 1. The minimum absolute atomic E-state index is 0. The third-order valence-corrected chi connectivity index (χ3v) is 3.41. The fourth-order valence-electron chi connectivity index (χ4n) is 2.16. The van der Waals surface area contributed by atoms with Gasteiger partial charge in [-0.25, -0.2) is 0 Å². The molecule has 0 aromatic heterocycles. The zero-order valence-corrected chi connectivity index (χ0v) is 10.5. The van der Waals surface area contributed by atoms with Gasteiger partial charge in [0.15, 0.2) is 5.78 Å². The predicted molar refractivity (Wildman–Crippen MR) is 68.0 cm³/mol. The van der Waals surface area contributed by atoms with Gasteiger partial charge in [-0.2, -0.15) is 0 Å². The van der Waals surface area contributed by atoms with E-state index in [4.69, 9.17) is 17.3 Å². The highest BCUT2D eigenvalue weighted by atomic mass is 35.5. The molecule has 1 saturated carbocycles. The molecule has 0 aliphatic heterocycles. The fraction of sp³-hybridized carbons (Fsp3) is 0.417. The second kappa shape index (κ2) is 5.17. The third kappa shape index (κ3) is 2.24. The maximum Gasteiger partial charge on any atom is 0.157 e. The normalized spacial score (nSPS) is 25.0. The van der Waals surface area contributed by atoms with Crippen LogP contribution in [0.25, 0.3) is 0 Å². The average Bonchev–Trinajstić information content (AvgIpc) is 2.23. The maximum atomic E-state index is 11.9. The van der Waals surface area contributed by atoms with E-state index in [0.29, 0.717) is 17.9 Å². The summed E-state index contributed by atoms with van der Waals surface area (Å²) in [5.74, 6) is 0.113. The van der Waals surface area contributed by atoms with Gasteiger partial charge in [0.05, 0.1) is 0 Å². The lowest BCUT2D eigenvalue weighted by Crippen LogP contribution is -2.47. The number of carbonyl (C=O) groups excluding carboxylic acids is 1. The Labute approximate surface area is 107 Å². The smallest absolute Gasteiger partial charge is 0.157 e. The van der Waals surface area contributed by atoms with Crippen molar-refractivity contribution in [3.8, 4) is 0 Å². The number of halogens is 2. The molecule has 1 atom stereocenters. The van der Waals surface area contributed by atoms with Crippen molar-refractivity contribution >= 4 is 29.8 Å². The quantitative estimate of drug-likeness (QED) is 0.843. The molecule has 0 unspecified atom stereocenters. The predicted octanol–water partition coefficient (Wildman–Crippen LogP) is 3.06. The van der Waals surface area contributed by atoms with Gasteiger partial charge in [-0.05, 0) is 24.5 Å². The Bertz CT molecular complexity index is 394. The van der Waals surface area contributed by atoms with Crippen molar-refractivity contribution in [2.24, 2.45) is 5.73 Å². The second-order valence-electron chi connectivity index (χ2n) is 4.08. The van der Waals surface area contributed by atoms with Crippen LogP contribution in [0.1, 0.15) is 31.2 Å². The lowest BCUT2D eigenvalue weighted by Gasteiger charge is -2.32. The Morgan fingerprint density at radius 2 is 1.94 bits per heavy atom. The average molecular weight is 260 g/mol. The molecule has 0 bridgehead atoms. The first kappa shape index (κ1) is 13.5. The molecule has 2 rings (SSSR count). The Balaban J connectivity index is 0.00000128. The summed E-state index contributed by atoms with van der Waals surface area (Å²) in [6, 6.07) is 7.36. The van der Waals surface area contributed by atoms with E-state index in [1.165, 1.54) is 0 Å². The lowest BCUT2D eigenvalue weighted by atomic mass is 9.76. The molecule has 4 heteroatoms. The highest BCUT2D eigenvalue weighted by molar-refractivity contribution is 6.31. The van der Waals surface area contributed by atoms with Crippen LogP contribution in [0.2, 0.25) is 5.02 Å². The van der Waals surface area contributed by atoms with Crippen molar-refractivity contribution in [2.45, 2.75) is 31.2 Å². The Morgan fingerprint density at radius 1 is 1.25 bits per heavy atom. The van der Waals surface area contributed by atoms with Gasteiger partial charge in [0.1, 0.15) is 5.54 Å². The Kier molecular flexibility index (Phi) is 4.36. The summed E-state index contributed by atoms with van der Waals surface area (Å²) in [6.45, 7) is 0. The molecule has 2 nitrogen and oxygen atoms in total. The molecule has 2 N–H and O–H groups in total. The molecule has 1 aliphatic carbocycles. The molecule has 0 radical (unpaired) electrons. The van der Waals surface area contributed by atoms with Gasteiger partial charge in [0.2, 0.25) is 0 Å². The van der Waals surface area contributed by atoms with E-state index >= 15 is 0 Å². The van der Waals surface area contributed by atoms with Crippen molar-refractivity contribution in [1.82, 2.24) is 0 Å². The molecule has 0 saturated heterocycles. The summed E-state index contributed by atoms with van der Waals surface area (Å²) in [5, 5.41) is 0.593. The molecular formula is C12H15Cl2NO. The topological polar surface area (TPSA) is 43.1 Å². The molecule has 0 amide bonds. The molecule has 0 spiro atoms. The van der Waals surface area contributed by atoms with Crippen LogP contribution in [0.15, 0.2) is 24.3 Å². The summed E-state index contributed by atoms with van der Waals surface area (Å²) in [7, 11) is 0. The number of ketones is 1. The van der Waals surface area contributed by atoms with Gasteiger partial charge in [-0.3, -0.25) is 4.79 Å². The van der Waals surface area contributed by atoms with E-state index < -0.39 is 5.54 Å². The number of benzene rings is 1. The zero-order valence-electron chi connectivity index (χ0n) is 8.91. The van der Waals surface area contributed by atoms with Crippen molar-refractivity contribution < 1.29 is 4.79 Å². The molecule has 0 heterocycles. The van der Waals surface area contributed by atoms with Gasteiger partial charge in [-0.15, -0.1) is 12.4 Å². The van der Waals surface area contributed by atoms with E-state index in [-0.39, 0.29) is 18.2 Å². The molecule has 1 aliphatic rings. The standard InChI is InChI=1S/C12H14ClNO.ClH/c13-10-6-2-1-5-9(10)12(14)8-4-3-7-11(12)15;/h1-2,5-6H,3-4,7-8,14H2;1H/t12-;/m0./s1. The molecule has 16 heavy (non-hydrogen) atoms. The van der Waals surface area contributed by atoms with Crippen LogP contribution in [-0.2, 0) is 10.3 Å². The summed E-state index contributed by atoms with van der Waals surface area (Å²) >= 11 is 6.08. The van der Waals surface area contributed by atoms with Crippen molar-refractivity contribution in [2.75, 3.05) is 0 Å². The van der Waals surface area contributed by atoms with Gasteiger partial charge >= 0.3 is 0 Å². The van der Waals surface area contributed by atoms with Gasteiger partial charge in [0.25, 0.3) is 0 Å². The SMILES string of the molecule is Cl.N[C@]1(c2ccccc2Cl)CCCCC1=O. The summed E-state index contributed by atoms with van der Waals surface area (Å²) < 4.78 is 0. The van der Waals surface area contributed by atoms with Crippen molar-refractivity contribution in [1.29, 1.82) is 0 Å². The largest absolute Gasteiger partial charge is 0.315 e. The molecule has 1 fully saturated rings. The Morgan fingerprint density at radius 3 is 2.56 bits per heavy atom. The van der Waals surface area contributed by atoms with Gasteiger partial charge in [0, 0.05) is 11.4 Å². The van der Waals surface area contributed by atoms with E-state index in [1.807, 2.05) is 18.2 Å². The maximum absolute atomic E-state index is 11.9. The van der Waals surface area contributed by atoms with Crippen LogP contribution in [0.3, 0.4) is 0 Å². The number of hydrogen-bond acceptors (Lipinski definition) is 2. The zero-order chi connectivity index (χ0) is 10.9. The van der Waals surface area contributed by atoms with Crippen LogP contribution < -0.4 is 5.73 Å². The number of rotatable bonds is 1. The van der Waals surface area contributed by atoms with Gasteiger partial charge < -0.3 is 5.73 Å². The minimum Gasteiger partial charge on any atom is -0.315 e. The first-order chi connectivity index (χ1) is 7.14. The summed E-state index contributed by atoms with van der Waals surface area (Å²) in [5.41, 5.74) is 6.11. The first-order valence-electron chi connectivity index (χ1n) is 5.22. The molecular weight excluding hydrogens is 245 g/mol. The van der Waals surface area contributed by atoms with Crippen LogP contribution in [0, 0.1) is 0 Å². The highest BCUT2D eigenvalue weighted by Crippen LogP contribution is 2.35. The number of nitrogens with two attached hydrogens (primary N) is 1.